The first kappa shape index (κ1) is 23.8. The lowest BCUT2D eigenvalue weighted by molar-refractivity contribution is 0.244. The van der Waals surface area contributed by atoms with E-state index < -0.39 is 6.04 Å². The van der Waals surface area contributed by atoms with Crippen molar-refractivity contribution in [3.05, 3.63) is 106 Å². The standard InChI is InChI=1S/C29H27ClN4O2/c1-5-20-10-12-21(13-11-20)26-25(28-32-27(33-36-28)22-7-6-8-23(30)16-22)19(4)34(29(35)31-26)24-14-9-17(2)18(3)15-24/h6-16,26H,5H2,1-4H3,(H,31,35). The van der Waals surface area contributed by atoms with Gasteiger partial charge >= 0.3 is 6.03 Å². The molecule has 1 atom stereocenters. The van der Waals surface area contributed by atoms with Gasteiger partial charge in [0.15, 0.2) is 0 Å². The maximum Gasteiger partial charge on any atom is 0.326 e. The number of rotatable bonds is 5. The number of nitrogens with zero attached hydrogens (tertiary/aromatic N) is 3. The lowest BCUT2D eigenvalue weighted by Crippen LogP contribution is -2.46. The van der Waals surface area contributed by atoms with Crippen LogP contribution in [0.25, 0.3) is 17.0 Å². The Morgan fingerprint density at radius 1 is 1.00 bits per heavy atom. The Bertz CT molecular complexity index is 1470. The first-order chi connectivity index (χ1) is 17.4. The number of carbonyl (C=O) groups is 1. The lowest BCUT2D eigenvalue weighted by Gasteiger charge is -2.35. The summed E-state index contributed by atoms with van der Waals surface area (Å²) < 4.78 is 5.79. The molecule has 0 saturated carbocycles. The van der Waals surface area contributed by atoms with Gasteiger partial charge in [-0.2, -0.15) is 4.98 Å². The van der Waals surface area contributed by atoms with Crippen LogP contribution in [0, 0.1) is 13.8 Å². The number of aryl methyl sites for hydroxylation is 3. The Morgan fingerprint density at radius 2 is 1.78 bits per heavy atom. The average Bonchev–Trinajstić information content (AvgIpc) is 3.36. The Labute approximate surface area is 215 Å². The molecular formula is C29H27ClN4O2. The fourth-order valence-corrected chi connectivity index (χ4v) is 4.66. The van der Waals surface area contributed by atoms with E-state index in [1.54, 1.807) is 17.0 Å². The van der Waals surface area contributed by atoms with Crippen LogP contribution in [0.15, 0.2) is 77.0 Å². The van der Waals surface area contributed by atoms with Gasteiger partial charge in [0.25, 0.3) is 5.89 Å². The van der Waals surface area contributed by atoms with Crippen molar-refractivity contribution >= 4 is 28.9 Å². The number of nitrogens with one attached hydrogen (secondary N) is 1. The molecule has 1 unspecified atom stereocenters. The molecule has 2 amide bonds. The zero-order valence-electron chi connectivity index (χ0n) is 20.7. The number of aromatic nitrogens is 2. The Kier molecular flexibility index (Phi) is 6.37. The monoisotopic (exact) mass is 498 g/mol. The fraction of sp³-hybridized carbons (Fsp3) is 0.207. The fourth-order valence-electron chi connectivity index (χ4n) is 4.47. The SMILES string of the molecule is CCc1ccc(C2NC(=O)N(c3ccc(C)c(C)c3)C(C)=C2c2nc(-c3cccc(Cl)c3)no2)cc1. The van der Waals surface area contributed by atoms with Crippen LogP contribution in [0.1, 0.15) is 48.0 Å². The molecule has 0 fully saturated rings. The first-order valence-corrected chi connectivity index (χ1v) is 12.3. The van der Waals surface area contributed by atoms with Crippen LogP contribution in [0.4, 0.5) is 10.5 Å². The molecule has 0 spiro atoms. The number of hydrogen-bond donors (Lipinski definition) is 1. The van der Waals surface area contributed by atoms with Gasteiger partial charge in [0.05, 0.1) is 17.3 Å². The summed E-state index contributed by atoms with van der Waals surface area (Å²) in [6.45, 7) is 8.12. The highest BCUT2D eigenvalue weighted by molar-refractivity contribution is 6.30. The van der Waals surface area contributed by atoms with Crippen LogP contribution >= 0.6 is 11.6 Å². The van der Waals surface area contributed by atoms with E-state index in [2.05, 4.69) is 36.5 Å². The van der Waals surface area contributed by atoms with E-state index in [1.807, 2.05) is 56.3 Å². The smallest absolute Gasteiger partial charge is 0.326 e. The molecule has 0 bridgehead atoms. The van der Waals surface area contributed by atoms with E-state index in [-0.39, 0.29) is 6.03 Å². The summed E-state index contributed by atoms with van der Waals surface area (Å²) in [4.78, 5) is 19.8. The molecule has 1 aliphatic rings. The second-order valence-corrected chi connectivity index (χ2v) is 9.45. The van der Waals surface area contributed by atoms with E-state index in [1.165, 1.54) is 5.56 Å². The number of benzene rings is 3. The average molecular weight is 499 g/mol. The number of carbonyl (C=O) groups excluding carboxylic acids is 1. The maximum absolute atomic E-state index is 13.4. The van der Waals surface area contributed by atoms with Gasteiger partial charge in [-0.25, -0.2) is 4.79 Å². The molecule has 7 heteroatoms. The van der Waals surface area contributed by atoms with Crippen molar-refractivity contribution in [1.82, 2.24) is 15.5 Å². The van der Waals surface area contributed by atoms with Gasteiger partial charge in [0, 0.05) is 16.3 Å². The van der Waals surface area contributed by atoms with E-state index in [0.29, 0.717) is 16.7 Å². The van der Waals surface area contributed by atoms with Crippen molar-refractivity contribution in [3.63, 3.8) is 0 Å². The Morgan fingerprint density at radius 3 is 2.47 bits per heavy atom. The van der Waals surface area contributed by atoms with Crippen LogP contribution in [0.2, 0.25) is 5.02 Å². The number of amides is 2. The molecule has 1 aromatic heterocycles. The molecule has 4 aromatic rings. The molecule has 0 saturated heterocycles. The molecule has 0 radical (unpaired) electrons. The minimum atomic E-state index is -0.445. The topological polar surface area (TPSA) is 71.3 Å². The van der Waals surface area contributed by atoms with E-state index in [9.17, 15) is 4.79 Å². The molecule has 36 heavy (non-hydrogen) atoms. The number of urea groups is 1. The van der Waals surface area contributed by atoms with Crippen molar-refractivity contribution in [2.75, 3.05) is 4.90 Å². The van der Waals surface area contributed by atoms with Crippen molar-refractivity contribution in [2.24, 2.45) is 0 Å². The second kappa shape index (κ2) is 9.63. The first-order valence-electron chi connectivity index (χ1n) is 11.9. The number of hydrogen-bond acceptors (Lipinski definition) is 4. The largest absolute Gasteiger partial charge is 0.334 e. The quantitative estimate of drug-likeness (QED) is 0.314. The number of allylic oxidation sites excluding steroid dienone is 1. The summed E-state index contributed by atoms with van der Waals surface area (Å²) in [5.41, 5.74) is 7.44. The summed E-state index contributed by atoms with van der Waals surface area (Å²) >= 11 is 6.18. The number of anilines is 1. The third-order valence-corrected chi connectivity index (χ3v) is 6.93. The highest BCUT2D eigenvalue weighted by Crippen LogP contribution is 2.39. The van der Waals surface area contributed by atoms with Gasteiger partial charge in [-0.1, -0.05) is 66.1 Å². The van der Waals surface area contributed by atoms with Crippen LogP contribution < -0.4 is 10.2 Å². The van der Waals surface area contributed by atoms with Crippen LogP contribution in [-0.4, -0.2) is 16.2 Å². The molecule has 0 aliphatic carbocycles. The van der Waals surface area contributed by atoms with Gasteiger partial charge in [-0.3, -0.25) is 4.90 Å². The normalized spacial score (nSPS) is 15.9. The second-order valence-electron chi connectivity index (χ2n) is 9.01. The van der Waals surface area contributed by atoms with Crippen LogP contribution in [-0.2, 0) is 6.42 Å². The minimum Gasteiger partial charge on any atom is -0.334 e. The predicted molar refractivity (Wildman–Crippen MR) is 143 cm³/mol. The summed E-state index contributed by atoms with van der Waals surface area (Å²) in [5.74, 6) is 0.781. The third kappa shape index (κ3) is 4.40. The van der Waals surface area contributed by atoms with Crippen molar-refractivity contribution < 1.29 is 9.32 Å². The maximum atomic E-state index is 13.4. The van der Waals surface area contributed by atoms with E-state index >= 15 is 0 Å². The summed E-state index contributed by atoms with van der Waals surface area (Å²) in [6, 6.07) is 20.9. The van der Waals surface area contributed by atoms with Gasteiger partial charge < -0.3 is 9.84 Å². The molecule has 2 heterocycles. The van der Waals surface area contributed by atoms with Crippen molar-refractivity contribution in [2.45, 2.75) is 40.2 Å². The van der Waals surface area contributed by atoms with Crippen LogP contribution in [0.3, 0.4) is 0 Å². The van der Waals surface area contributed by atoms with Crippen molar-refractivity contribution in [1.29, 1.82) is 0 Å². The zero-order chi connectivity index (χ0) is 25.4. The minimum absolute atomic E-state index is 0.210. The zero-order valence-corrected chi connectivity index (χ0v) is 21.4. The molecule has 6 nitrogen and oxygen atoms in total. The van der Waals surface area contributed by atoms with Gasteiger partial charge in [-0.15, -0.1) is 0 Å². The third-order valence-electron chi connectivity index (χ3n) is 6.69. The molecule has 3 aromatic carbocycles. The molecule has 1 N–H and O–H groups in total. The number of halogens is 1. The summed E-state index contributed by atoms with van der Waals surface area (Å²) in [6.07, 6.45) is 0.937. The highest BCUT2D eigenvalue weighted by atomic mass is 35.5. The van der Waals surface area contributed by atoms with E-state index in [4.69, 9.17) is 21.1 Å². The van der Waals surface area contributed by atoms with Crippen LogP contribution in [0.5, 0.6) is 0 Å². The Hall–Kier alpha value is -3.90. The predicted octanol–water partition coefficient (Wildman–Crippen LogP) is 7.27. The summed E-state index contributed by atoms with van der Waals surface area (Å²) in [5, 5.41) is 7.99. The molecular weight excluding hydrogens is 472 g/mol. The molecule has 5 rings (SSSR count). The summed E-state index contributed by atoms with van der Waals surface area (Å²) in [7, 11) is 0. The van der Waals surface area contributed by atoms with Gasteiger partial charge in [0.2, 0.25) is 5.82 Å². The Balaban J connectivity index is 1.65. The van der Waals surface area contributed by atoms with Gasteiger partial charge in [-0.05, 0) is 73.7 Å². The van der Waals surface area contributed by atoms with E-state index in [0.717, 1.165) is 45.6 Å². The lowest BCUT2D eigenvalue weighted by atomic mass is 9.93. The highest BCUT2D eigenvalue weighted by Gasteiger charge is 2.36. The van der Waals surface area contributed by atoms with Crippen molar-refractivity contribution in [3.8, 4) is 11.4 Å². The molecule has 1 aliphatic heterocycles. The van der Waals surface area contributed by atoms with Gasteiger partial charge in [0.1, 0.15) is 0 Å². The molecule has 182 valence electrons.